The minimum absolute atomic E-state index is 0.115. The molecule has 0 aliphatic carbocycles. The van der Waals surface area contributed by atoms with Gasteiger partial charge in [0, 0.05) is 46.8 Å². The van der Waals surface area contributed by atoms with E-state index in [-0.39, 0.29) is 29.9 Å². The Hall–Kier alpha value is -4.52. The number of ketones is 1. The largest absolute Gasteiger partial charge is 0.497 e. The number of rotatable bonds is 4. The molecule has 3 aromatic carbocycles. The maximum absolute atomic E-state index is 13.4. The second kappa shape index (κ2) is 8.30. The lowest BCUT2D eigenvalue weighted by atomic mass is 9.84. The summed E-state index contributed by atoms with van der Waals surface area (Å²) in [5, 5.41) is 0.944. The van der Waals surface area contributed by atoms with Crippen LogP contribution in [0.2, 0.25) is 0 Å². The van der Waals surface area contributed by atoms with E-state index in [0.717, 1.165) is 27.8 Å². The fourth-order valence-electron chi connectivity index (χ4n) is 5.11. The summed E-state index contributed by atoms with van der Waals surface area (Å²) in [6.07, 6.45) is 3.82. The zero-order valence-electron chi connectivity index (χ0n) is 20.0. The molecule has 0 bridgehead atoms. The molecule has 0 amide bonds. The van der Waals surface area contributed by atoms with E-state index in [9.17, 15) is 9.59 Å². The maximum atomic E-state index is 13.4. The minimum Gasteiger partial charge on any atom is -0.497 e. The van der Waals surface area contributed by atoms with Crippen LogP contribution >= 0.6 is 0 Å². The molecule has 0 spiro atoms. The molecule has 0 N–H and O–H groups in total. The topological polar surface area (TPSA) is 76.0 Å². The van der Waals surface area contributed by atoms with Gasteiger partial charge >= 0.3 is 5.97 Å². The number of benzene rings is 3. The van der Waals surface area contributed by atoms with E-state index in [1.807, 2.05) is 60.3 Å². The standard InChI is InChI=1S/C29H23NO6/c1-30-15-16(20-13-17(33-2)8-10-22(20)30)12-25-28(32)19-9-11-24-27(29(19)36-25)21(14-26(31)35-24)18-6-4-5-7-23(18)34-3/h4-13,15,21H,14H2,1-3H3/b25-12-. The van der Waals surface area contributed by atoms with Crippen LogP contribution < -0.4 is 18.9 Å². The number of esters is 1. The number of fused-ring (bicyclic) bond motifs is 4. The first-order valence-corrected chi connectivity index (χ1v) is 11.6. The molecule has 180 valence electrons. The number of aromatic nitrogens is 1. The predicted molar refractivity (Wildman–Crippen MR) is 134 cm³/mol. The summed E-state index contributed by atoms with van der Waals surface area (Å²) < 4.78 is 24.7. The fraction of sp³-hybridized carbons (Fsp3) is 0.172. The number of methoxy groups -OCH3 is 2. The van der Waals surface area contributed by atoms with Crippen molar-refractivity contribution in [1.82, 2.24) is 4.57 Å². The molecule has 1 atom stereocenters. The van der Waals surface area contributed by atoms with Crippen molar-refractivity contribution in [3.8, 4) is 23.0 Å². The Morgan fingerprint density at radius 1 is 1.00 bits per heavy atom. The van der Waals surface area contributed by atoms with Gasteiger partial charge in [0.25, 0.3) is 0 Å². The zero-order valence-corrected chi connectivity index (χ0v) is 20.0. The molecular weight excluding hydrogens is 458 g/mol. The Morgan fingerprint density at radius 3 is 2.64 bits per heavy atom. The Balaban J connectivity index is 1.48. The number of carbonyl (C=O) groups excluding carboxylic acids is 2. The molecule has 3 heterocycles. The lowest BCUT2D eigenvalue weighted by Gasteiger charge is -2.27. The van der Waals surface area contributed by atoms with Crippen molar-refractivity contribution in [3.63, 3.8) is 0 Å². The third kappa shape index (κ3) is 3.35. The third-order valence-electron chi connectivity index (χ3n) is 6.81. The first-order valence-electron chi connectivity index (χ1n) is 11.6. The maximum Gasteiger partial charge on any atom is 0.312 e. The van der Waals surface area contributed by atoms with Gasteiger partial charge in [-0.3, -0.25) is 9.59 Å². The number of carbonyl (C=O) groups is 2. The quantitative estimate of drug-likeness (QED) is 0.225. The molecule has 2 aliphatic rings. The Morgan fingerprint density at radius 2 is 1.83 bits per heavy atom. The highest BCUT2D eigenvalue weighted by Crippen LogP contribution is 2.50. The number of nitrogens with zero attached hydrogens (tertiary/aromatic N) is 1. The van der Waals surface area contributed by atoms with E-state index in [0.29, 0.717) is 28.4 Å². The fourth-order valence-corrected chi connectivity index (χ4v) is 5.11. The molecule has 0 saturated carbocycles. The van der Waals surface area contributed by atoms with Crippen LogP contribution in [0, 0.1) is 0 Å². The van der Waals surface area contributed by atoms with Gasteiger partial charge in [0.05, 0.1) is 26.2 Å². The van der Waals surface area contributed by atoms with Gasteiger partial charge in [-0.25, -0.2) is 0 Å². The second-order valence-corrected chi connectivity index (χ2v) is 8.84. The molecule has 2 aliphatic heterocycles. The molecule has 7 heteroatoms. The van der Waals surface area contributed by atoms with Crippen LogP contribution in [0.4, 0.5) is 0 Å². The van der Waals surface area contributed by atoms with Crippen molar-refractivity contribution >= 4 is 28.7 Å². The number of allylic oxidation sites excluding steroid dienone is 1. The summed E-state index contributed by atoms with van der Waals surface area (Å²) in [7, 11) is 5.17. The van der Waals surface area contributed by atoms with Crippen molar-refractivity contribution in [2.75, 3.05) is 14.2 Å². The average molecular weight is 482 g/mol. The number of hydrogen-bond acceptors (Lipinski definition) is 6. The number of aryl methyl sites for hydroxylation is 1. The minimum atomic E-state index is -0.374. The predicted octanol–water partition coefficient (Wildman–Crippen LogP) is 5.25. The summed E-state index contributed by atoms with van der Waals surface area (Å²) in [5.74, 6) is 1.48. The normalized spacial score (nSPS) is 17.5. The summed E-state index contributed by atoms with van der Waals surface area (Å²) in [6.45, 7) is 0. The van der Waals surface area contributed by atoms with Crippen LogP contribution in [-0.2, 0) is 11.8 Å². The van der Waals surface area contributed by atoms with Crippen LogP contribution in [0.25, 0.3) is 17.0 Å². The van der Waals surface area contributed by atoms with Crippen molar-refractivity contribution < 1.29 is 28.5 Å². The van der Waals surface area contributed by atoms with Crippen molar-refractivity contribution in [3.05, 3.63) is 88.8 Å². The van der Waals surface area contributed by atoms with E-state index in [2.05, 4.69) is 0 Å². The Kier molecular flexibility index (Phi) is 5.07. The van der Waals surface area contributed by atoms with Gasteiger partial charge in [-0.15, -0.1) is 0 Å². The molecule has 0 fully saturated rings. The van der Waals surface area contributed by atoms with Crippen molar-refractivity contribution in [2.45, 2.75) is 12.3 Å². The number of Topliss-reactive ketones (excluding diaryl/α,β-unsaturated/α-hetero) is 1. The summed E-state index contributed by atoms with van der Waals surface area (Å²) in [4.78, 5) is 25.9. The smallest absolute Gasteiger partial charge is 0.312 e. The number of ether oxygens (including phenoxy) is 4. The molecule has 4 aromatic rings. The van der Waals surface area contributed by atoms with Gasteiger partial charge in [-0.05, 0) is 42.5 Å². The summed E-state index contributed by atoms with van der Waals surface area (Å²) in [6, 6.07) is 16.7. The Bertz CT molecular complexity index is 1600. The van der Waals surface area contributed by atoms with Crippen LogP contribution in [0.3, 0.4) is 0 Å². The molecule has 0 saturated heterocycles. The molecule has 1 aromatic heterocycles. The third-order valence-corrected chi connectivity index (χ3v) is 6.81. The van der Waals surface area contributed by atoms with E-state index in [4.69, 9.17) is 18.9 Å². The van der Waals surface area contributed by atoms with Gasteiger partial charge in [-0.2, -0.15) is 0 Å². The lowest BCUT2D eigenvalue weighted by Crippen LogP contribution is -2.22. The molecule has 6 rings (SSSR count). The van der Waals surface area contributed by atoms with Crippen molar-refractivity contribution in [2.24, 2.45) is 7.05 Å². The van der Waals surface area contributed by atoms with E-state index in [1.54, 1.807) is 32.4 Å². The van der Waals surface area contributed by atoms with Crippen LogP contribution in [-0.4, -0.2) is 30.5 Å². The van der Waals surface area contributed by atoms with Gasteiger partial charge in [0.2, 0.25) is 5.78 Å². The number of hydrogen-bond donors (Lipinski definition) is 0. The lowest BCUT2D eigenvalue weighted by molar-refractivity contribution is -0.135. The van der Waals surface area contributed by atoms with Gasteiger partial charge in [0.1, 0.15) is 23.0 Å². The average Bonchev–Trinajstić information content (AvgIpc) is 3.38. The molecule has 1 unspecified atom stereocenters. The van der Waals surface area contributed by atoms with E-state index >= 15 is 0 Å². The van der Waals surface area contributed by atoms with Gasteiger partial charge in [0.15, 0.2) is 5.76 Å². The van der Waals surface area contributed by atoms with Gasteiger partial charge < -0.3 is 23.5 Å². The highest BCUT2D eigenvalue weighted by atomic mass is 16.5. The van der Waals surface area contributed by atoms with E-state index < -0.39 is 0 Å². The van der Waals surface area contributed by atoms with Gasteiger partial charge in [-0.1, -0.05) is 18.2 Å². The molecule has 7 nitrogen and oxygen atoms in total. The van der Waals surface area contributed by atoms with Crippen molar-refractivity contribution in [1.29, 1.82) is 0 Å². The van der Waals surface area contributed by atoms with Crippen LogP contribution in [0.15, 0.2) is 66.6 Å². The van der Waals surface area contributed by atoms with Crippen LogP contribution in [0.5, 0.6) is 23.0 Å². The van der Waals surface area contributed by atoms with Crippen LogP contribution in [0.1, 0.15) is 39.4 Å². The molecule has 36 heavy (non-hydrogen) atoms. The second-order valence-electron chi connectivity index (χ2n) is 8.84. The number of para-hydroxylation sites is 1. The molecule has 0 radical (unpaired) electrons. The highest BCUT2D eigenvalue weighted by molar-refractivity contribution is 6.15. The first kappa shape index (κ1) is 22.0. The summed E-state index contributed by atoms with van der Waals surface area (Å²) in [5.41, 5.74) is 3.79. The van der Waals surface area contributed by atoms with E-state index in [1.165, 1.54) is 0 Å². The first-order chi connectivity index (χ1) is 17.5. The Labute approximate surface area is 207 Å². The highest BCUT2D eigenvalue weighted by Gasteiger charge is 2.39. The zero-order chi connectivity index (χ0) is 25.0. The SMILES string of the molecule is COc1ccc2c(c1)c(/C=C1\Oc3c(ccc4c3C(c3ccccc3OC)CC(=O)O4)C1=O)cn2C. The molecular formula is C29H23NO6. The monoisotopic (exact) mass is 481 g/mol. The summed E-state index contributed by atoms with van der Waals surface area (Å²) >= 11 is 0.